The van der Waals surface area contributed by atoms with Crippen LogP contribution in [0.3, 0.4) is 0 Å². The molecule has 3 rings (SSSR count). The number of carbonyl (C=O) groups excluding carboxylic acids is 2. The Morgan fingerprint density at radius 1 is 1.30 bits per heavy atom. The molecule has 0 bridgehead atoms. The van der Waals surface area contributed by atoms with Crippen molar-refractivity contribution in [2.45, 2.75) is 32.2 Å². The Morgan fingerprint density at radius 2 is 2.04 bits per heavy atom. The lowest BCUT2D eigenvalue weighted by Crippen LogP contribution is -2.27. The van der Waals surface area contributed by atoms with E-state index in [0.717, 1.165) is 5.82 Å². The minimum Gasteiger partial charge on any atom is -0.427 e. The smallest absolute Gasteiger partial charge is 0.308 e. The van der Waals surface area contributed by atoms with Crippen molar-refractivity contribution in [3.63, 3.8) is 0 Å². The Hall–Kier alpha value is -2.63. The second kappa shape index (κ2) is 6.64. The number of benzene rings is 1. The van der Waals surface area contributed by atoms with Crippen LogP contribution in [0.4, 0.5) is 0 Å². The molecule has 1 N–H and O–H groups in total. The molecule has 23 heavy (non-hydrogen) atoms. The van der Waals surface area contributed by atoms with Gasteiger partial charge in [0, 0.05) is 43.9 Å². The van der Waals surface area contributed by atoms with Crippen LogP contribution in [0.1, 0.15) is 41.9 Å². The van der Waals surface area contributed by atoms with E-state index in [1.54, 1.807) is 24.3 Å². The molecule has 0 spiro atoms. The van der Waals surface area contributed by atoms with Gasteiger partial charge in [0.1, 0.15) is 11.6 Å². The van der Waals surface area contributed by atoms with Crippen LogP contribution in [-0.2, 0) is 11.3 Å². The van der Waals surface area contributed by atoms with E-state index in [4.69, 9.17) is 4.74 Å². The maximum absolute atomic E-state index is 12.1. The molecule has 1 amide bonds. The van der Waals surface area contributed by atoms with Gasteiger partial charge >= 0.3 is 5.97 Å². The van der Waals surface area contributed by atoms with Gasteiger partial charge in [0.15, 0.2) is 0 Å². The van der Waals surface area contributed by atoms with Crippen LogP contribution < -0.4 is 10.1 Å². The largest absolute Gasteiger partial charge is 0.427 e. The summed E-state index contributed by atoms with van der Waals surface area (Å²) in [5, 5.41) is 2.89. The van der Waals surface area contributed by atoms with Crippen molar-refractivity contribution in [3.05, 3.63) is 48.0 Å². The zero-order chi connectivity index (χ0) is 16.2. The van der Waals surface area contributed by atoms with E-state index in [0.29, 0.717) is 30.3 Å². The Morgan fingerprint density at radius 3 is 2.70 bits per heavy atom. The van der Waals surface area contributed by atoms with Crippen LogP contribution in [0.2, 0.25) is 0 Å². The fraction of sp³-hybridized carbons (Fsp3) is 0.353. The molecule has 1 aromatic heterocycles. The van der Waals surface area contributed by atoms with Gasteiger partial charge in [-0.2, -0.15) is 0 Å². The van der Waals surface area contributed by atoms with Crippen LogP contribution in [0.5, 0.6) is 5.75 Å². The molecular weight excluding hydrogens is 294 g/mol. The van der Waals surface area contributed by atoms with E-state index < -0.39 is 0 Å². The quantitative estimate of drug-likeness (QED) is 0.655. The van der Waals surface area contributed by atoms with Crippen LogP contribution in [0, 0.1) is 0 Å². The Bertz CT molecular complexity index is 702. The fourth-order valence-corrected chi connectivity index (χ4v) is 2.44. The summed E-state index contributed by atoms with van der Waals surface area (Å²) < 4.78 is 7.04. The van der Waals surface area contributed by atoms with Crippen LogP contribution in [0.15, 0.2) is 36.7 Å². The highest BCUT2D eigenvalue weighted by Crippen LogP contribution is 2.38. The van der Waals surface area contributed by atoms with Crippen molar-refractivity contribution in [2.24, 2.45) is 0 Å². The monoisotopic (exact) mass is 313 g/mol. The van der Waals surface area contributed by atoms with Gasteiger partial charge in [-0.15, -0.1) is 0 Å². The summed E-state index contributed by atoms with van der Waals surface area (Å²) in [6.45, 7) is 2.59. The summed E-state index contributed by atoms with van der Waals surface area (Å²) in [7, 11) is 0. The molecule has 0 saturated heterocycles. The maximum atomic E-state index is 12.1. The number of nitrogens with zero attached hydrogens (tertiary/aromatic N) is 2. The number of aromatic nitrogens is 2. The van der Waals surface area contributed by atoms with Gasteiger partial charge in [-0.05, 0) is 37.1 Å². The van der Waals surface area contributed by atoms with Gasteiger partial charge in [0.25, 0.3) is 5.91 Å². The number of esters is 1. The van der Waals surface area contributed by atoms with Gasteiger partial charge < -0.3 is 14.6 Å². The second-order valence-electron chi connectivity index (χ2n) is 5.63. The lowest BCUT2D eigenvalue weighted by Gasteiger charge is -2.09. The number of nitrogens with one attached hydrogen (secondary N) is 1. The number of ether oxygens (including phenoxy) is 1. The molecule has 0 atom stereocenters. The number of carbonyl (C=O) groups is 2. The SMILES string of the molecule is CC(=O)Oc1ccc(C(=O)NCCn2ccnc2C2CC2)cc1. The molecule has 0 aliphatic heterocycles. The topological polar surface area (TPSA) is 73.2 Å². The molecule has 1 fully saturated rings. The maximum Gasteiger partial charge on any atom is 0.308 e. The van der Waals surface area contributed by atoms with E-state index >= 15 is 0 Å². The second-order valence-corrected chi connectivity index (χ2v) is 5.63. The molecule has 0 unspecified atom stereocenters. The highest BCUT2D eigenvalue weighted by atomic mass is 16.5. The van der Waals surface area contributed by atoms with E-state index in [9.17, 15) is 9.59 Å². The lowest BCUT2D eigenvalue weighted by molar-refractivity contribution is -0.131. The molecule has 2 aromatic rings. The van der Waals surface area contributed by atoms with Gasteiger partial charge in [-0.25, -0.2) is 4.98 Å². The number of hydrogen-bond donors (Lipinski definition) is 1. The summed E-state index contributed by atoms with van der Waals surface area (Å²) in [6, 6.07) is 6.50. The zero-order valence-corrected chi connectivity index (χ0v) is 13.0. The van der Waals surface area contributed by atoms with E-state index in [2.05, 4.69) is 14.9 Å². The van der Waals surface area contributed by atoms with Crippen molar-refractivity contribution in [2.75, 3.05) is 6.54 Å². The minimum atomic E-state index is -0.381. The molecule has 1 aliphatic rings. The molecule has 6 nitrogen and oxygen atoms in total. The van der Waals surface area contributed by atoms with Crippen molar-refractivity contribution in [1.29, 1.82) is 0 Å². The van der Waals surface area contributed by atoms with Gasteiger partial charge in [-0.3, -0.25) is 9.59 Å². The van der Waals surface area contributed by atoms with Gasteiger partial charge in [0.2, 0.25) is 0 Å². The van der Waals surface area contributed by atoms with Crippen molar-refractivity contribution < 1.29 is 14.3 Å². The third kappa shape index (κ3) is 3.97. The third-order valence-corrected chi connectivity index (χ3v) is 3.71. The Balaban J connectivity index is 1.50. The molecule has 120 valence electrons. The third-order valence-electron chi connectivity index (χ3n) is 3.71. The summed E-state index contributed by atoms with van der Waals surface area (Å²) in [6.07, 6.45) is 6.17. The summed E-state index contributed by atoms with van der Waals surface area (Å²) in [4.78, 5) is 27.3. The zero-order valence-electron chi connectivity index (χ0n) is 13.0. The van der Waals surface area contributed by atoms with Crippen LogP contribution in [-0.4, -0.2) is 28.0 Å². The molecule has 6 heteroatoms. The fourth-order valence-electron chi connectivity index (χ4n) is 2.44. The lowest BCUT2D eigenvalue weighted by atomic mass is 10.2. The first-order chi connectivity index (χ1) is 11.1. The first kappa shape index (κ1) is 15.3. The first-order valence-corrected chi connectivity index (χ1v) is 7.71. The molecular formula is C17H19N3O3. The molecule has 1 aliphatic carbocycles. The highest BCUT2D eigenvalue weighted by Gasteiger charge is 2.27. The van der Waals surface area contributed by atoms with E-state index in [1.807, 2.05) is 12.4 Å². The molecule has 0 radical (unpaired) electrons. The minimum absolute atomic E-state index is 0.146. The summed E-state index contributed by atoms with van der Waals surface area (Å²) in [5.41, 5.74) is 0.536. The Labute approximate surface area is 134 Å². The number of hydrogen-bond acceptors (Lipinski definition) is 4. The van der Waals surface area contributed by atoms with Crippen LogP contribution >= 0.6 is 0 Å². The van der Waals surface area contributed by atoms with Crippen LogP contribution in [0.25, 0.3) is 0 Å². The van der Waals surface area contributed by atoms with Gasteiger partial charge in [0.05, 0.1) is 0 Å². The van der Waals surface area contributed by atoms with Crippen molar-refractivity contribution in [3.8, 4) is 5.75 Å². The standard InChI is InChI=1S/C17H19N3O3/c1-12(21)23-15-6-4-14(5-7-15)17(22)19-9-11-20-10-8-18-16(20)13-2-3-13/h4-8,10,13H,2-3,9,11H2,1H3,(H,19,22). The molecule has 1 saturated carbocycles. The molecule has 1 heterocycles. The first-order valence-electron chi connectivity index (χ1n) is 7.71. The predicted molar refractivity (Wildman–Crippen MR) is 84.3 cm³/mol. The summed E-state index contributed by atoms with van der Waals surface area (Å²) in [5.74, 6) is 1.61. The average Bonchev–Trinajstić information content (AvgIpc) is 3.26. The van der Waals surface area contributed by atoms with E-state index in [1.165, 1.54) is 19.8 Å². The number of amides is 1. The summed E-state index contributed by atoms with van der Waals surface area (Å²) >= 11 is 0. The van der Waals surface area contributed by atoms with Crippen molar-refractivity contribution in [1.82, 2.24) is 14.9 Å². The normalized spacial score (nSPS) is 13.6. The average molecular weight is 313 g/mol. The predicted octanol–water partition coefficient (Wildman–Crippen LogP) is 2.12. The number of imidazole rings is 1. The van der Waals surface area contributed by atoms with Crippen molar-refractivity contribution >= 4 is 11.9 Å². The Kier molecular flexibility index (Phi) is 4.41. The van der Waals surface area contributed by atoms with Gasteiger partial charge in [-0.1, -0.05) is 0 Å². The van der Waals surface area contributed by atoms with E-state index in [-0.39, 0.29) is 11.9 Å². The highest BCUT2D eigenvalue weighted by molar-refractivity contribution is 5.94. The molecule has 1 aromatic carbocycles. The number of rotatable bonds is 6.